The number of carbonyl (C=O) groups is 3. The van der Waals surface area contributed by atoms with Gasteiger partial charge in [-0.3, -0.25) is 4.79 Å². The molecule has 3 N–H and O–H groups in total. The van der Waals surface area contributed by atoms with Gasteiger partial charge in [0.15, 0.2) is 0 Å². The summed E-state index contributed by atoms with van der Waals surface area (Å²) < 4.78 is 5.28. The smallest absolute Gasteiger partial charge is 0.339 e. The maximum Gasteiger partial charge on any atom is 0.339 e. The summed E-state index contributed by atoms with van der Waals surface area (Å²) in [5.41, 5.74) is 7.23. The Morgan fingerprint density at radius 2 is 1.33 bits per heavy atom. The van der Waals surface area contributed by atoms with Crippen molar-refractivity contribution >= 4 is 60.9 Å². The monoisotopic (exact) mass is 395 g/mol. The molecule has 30 heavy (non-hydrogen) atoms. The number of nitrogens with two attached hydrogens (primary N) is 1. The molecule has 0 aromatic heterocycles. The van der Waals surface area contributed by atoms with E-state index in [0.717, 1.165) is 37.9 Å². The van der Waals surface area contributed by atoms with Crippen LogP contribution in [-0.2, 0) is 11.3 Å². The number of carboxylic acid groups (broad SMARTS) is 1. The molecule has 6 rings (SSSR count). The van der Waals surface area contributed by atoms with E-state index in [-0.39, 0.29) is 23.7 Å². The van der Waals surface area contributed by atoms with Gasteiger partial charge in [0.1, 0.15) is 6.61 Å². The minimum atomic E-state index is -1.13. The highest BCUT2D eigenvalue weighted by atomic mass is 16.5. The van der Waals surface area contributed by atoms with E-state index < -0.39 is 11.9 Å². The van der Waals surface area contributed by atoms with Crippen LogP contribution < -0.4 is 5.73 Å². The summed E-state index contributed by atoms with van der Waals surface area (Å²) in [6.45, 7) is 0.215. The predicted octanol–water partition coefficient (Wildman–Crippen LogP) is 4.20. The maximum atomic E-state index is 12.3. The molecule has 0 atom stereocenters. The standard InChI is InChI=1S/C24H13NO5/c25-22(26)15-6-3-13-12-5-8-17-18-10(9-30-24(17)29)1-2-11(19(12)18)14-4-7-16(23(27)28)21(15)20(13)14/h1-8H,9H2,(H2,25,26)(H,27,28). The molecule has 1 heterocycles. The van der Waals surface area contributed by atoms with E-state index in [1.54, 1.807) is 24.3 Å². The number of esters is 1. The SMILES string of the molecule is NC(=O)c1ccc2c3ccc4c5c(ccc(c6ccc(C(=O)O)c1c26)c53)COC4=O. The Morgan fingerprint density at radius 1 is 0.767 bits per heavy atom. The molecule has 1 aliphatic rings. The molecule has 144 valence electrons. The molecule has 0 aliphatic carbocycles. The molecular weight excluding hydrogens is 382 g/mol. The van der Waals surface area contributed by atoms with Gasteiger partial charge in [0.2, 0.25) is 5.91 Å². The van der Waals surface area contributed by atoms with Gasteiger partial charge in [0.05, 0.1) is 11.1 Å². The molecule has 1 aliphatic heterocycles. The topological polar surface area (TPSA) is 107 Å². The highest BCUT2D eigenvalue weighted by Gasteiger charge is 2.26. The van der Waals surface area contributed by atoms with Crippen LogP contribution in [0.3, 0.4) is 0 Å². The molecule has 5 aromatic carbocycles. The van der Waals surface area contributed by atoms with Crippen LogP contribution >= 0.6 is 0 Å². The van der Waals surface area contributed by atoms with Crippen molar-refractivity contribution in [3.8, 4) is 0 Å². The lowest BCUT2D eigenvalue weighted by Gasteiger charge is -2.22. The number of hydrogen-bond donors (Lipinski definition) is 2. The van der Waals surface area contributed by atoms with Crippen molar-refractivity contribution in [3.05, 3.63) is 70.8 Å². The fourth-order valence-electron chi connectivity index (χ4n) is 4.85. The fraction of sp³-hybridized carbons (Fsp3) is 0.0417. The first-order valence-corrected chi connectivity index (χ1v) is 9.36. The Balaban J connectivity index is 1.96. The van der Waals surface area contributed by atoms with E-state index >= 15 is 0 Å². The van der Waals surface area contributed by atoms with Gasteiger partial charge in [0.25, 0.3) is 0 Å². The van der Waals surface area contributed by atoms with Crippen molar-refractivity contribution < 1.29 is 24.2 Å². The number of carbonyl (C=O) groups excluding carboxylic acids is 2. The first-order valence-electron chi connectivity index (χ1n) is 9.36. The van der Waals surface area contributed by atoms with Crippen LogP contribution in [0, 0.1) is 0 Å². The number of cyclic esters (lactones) is 1. The highest BCUT2D eigenvalue weighted by molar-refractivity contribution is 6.37. The van der Waals surface area contributed by atoms with Gasteiger partial charge in [-0.15, -0.1) is 0 Å². The zero-order chi connectivity index (χ0) is 20.7. The lowest BCUT2D eigenvalue weighted by atomic mass is 9.84. The second-order valence-electron chi connectivity index (χ2n) is 7.50. The van der Waals surface area contributed by atoms with Crippen molar-refractivity contribution in [1.29, 1.82) is 0 Å². The van der Waals surface area contributed by atoms with Crippen LogP contribution in [0.4, 0.5) is 0 Å². The Labute approximate surface area is 168 Å². The lowest BCUT2D eigenvalue weighted by Crippen LogP contribution is -2.14. The van der Waals surface area contributed by atoms with E-state index in [1.807, 2.05) is 18.2 Å². The summed E-state index contributed by atoms with van der Waals surface area (Å²) in [5.74, 6) is -2.16. The van der Waals surface area contributed by atoms with Crippen LogP contribution in [0.15, 0.2) is 48.5 Å². The molecule has 6 nitrogen and oxygen atoms in total. The van der Waals surface area contributed by atoms with Crippen LogP contribution in [0.2, 0.25) is 0 Å². The van der Waals surface area contributed by atoms with Gasteiger partial charge >= 0.3 is 11.9 Å². The number of ether oxygens (including phenoxy) is 1. The zero-order valence-corrected chi connectivity index (χ0v) is 15.5. The second kappa shape index (κ2) is 5.45. The number of primary amides is 1. The number of amides is 1. The summed E-state index contributed by atoms with van der Waals surface area (Å²) in [6.07, 6.45) is 0. The zero-order valence-electron chi connectivity index (χ0n) is 15.5. The van der Waals surface area contributed by atoms with Gasteiger partial charge < -0.3 is 15.6 Å². The number of benzene rings is 5. The molecular formula is C24H13NO5. The third-order valence-electron chi connectivity index (χ3n) is 6.06. The van der Waals surface area contributed by atoms with Crippen LogP contribution in [0.1, 0.15) is 36.6 Å². The Hall–Kier alpha value is -4.19. The minimum Gasteiger partial charge on any atom is -0.478 e. The lowest BCUT2D eigenvalue weighted by molar-refractivity contribution is 0.0463. The fourth-order valence-corrected chi connectivity index (χ4v) is 4.85. The summed E-state index contributed by atoms with van der Waals surface area (Å²) in [6, 6.07) is 14.1. The summed E-state index contributed by atoms with van der Waals surface area (Å²) in [5, 5.41) is 16.0. The van der Waals surface area contributed by atoms with Crippen molar-refractivity contribution in [2.24, 2.45) is 5.73 Å². The second-order valence-corrected chi connectivity index (χ2v) is 7.50. The summed E-state index contributed by atoms with van der Waals surface area (Å²) >= 11 is 0. The number of fused-ring (bicyclic) bond motifs is 2. The normalized spacial score (nSPS) is 13.4. The van der Waals surface area contributed by atoms with E-state index in [2.05, 4.69) is 0 Å². The van der Waals surface area contributed by atoms with E-state index in [4.69, 9.17) is 10.5 Å². The Morgan fingerprint density at radius 3 is 1.97 bits per heavy atom. The average Bonchev–Trinajstić information content (AvgIpc) is 2.74. The van der Waals surface area contributed by atoms with E-state index in [1.165, 1.54) is 6.07 Å². The number of carboxylic acids is 1. The first-order chi connectivity index (χ1) is 14.5. The van der Waals surface area contributed by atoms with Crippen molar-refractivity contribution in [3.63, 3.8) is 0 Å². The Kier molecular flexibility index (Phi) is 3.04. The van der Waals surface area contributed by atoms with Crippen LogP contribution in [-0.4, -0.2) is 23.0 Å². The largest absolute Gasteiger partial charge is 0.478 e. The average molecular weight is 395 g/mol. The van der Waals surface area contributed by atoms with Gasteiger partial charge in [-0.1, -0.05) is 30.3 Å². The number of rotatable bonds is 2. The molecule has 0 saturated carbocycles. The van der Waals surface area contributed by atoms with E-state index in [0.29, 0.717) is 16.3 Å². The third kappa shape index (κ3) is 1.90. The summed E-state index contributed by atoms with van der Waals surface area (Å²) in [4.78, 5) is 36.4. The van der Waals surface area contributed by atoms with Gasteiger partial charge in [-0.25, -0.2) is 9.59 Å². The summed E-state index contributed by atoms with van der Waals surface area (Å²) in [7, 11) is 0. The van der Waals surface area contributed by atoms with Gasteiger partial charge in [-0.05, 0) is 56.1 Å². The van der Waals surface area contributed by atoms with Crippen LogP contribution in [0.25, 0.3) is 43.1 Å². The molecule has 5 aromatic rings. The van der Waals surface area contributed by atoms with Gasteiger partial charge in [-0.2, -0.15) is 0 Å². The van der Waals surface area contributed by atoms with E-state index in [9.17, 15) is 19.5 Å². The predicted molar refractivity (Wildman–Crippen MR) is 112 cm³/mol. The Bertz CT molecular complexity index is 1550. The van der Waals surface area contributed by atoms with Gasteiger partial charge in [0, 0.05) is 16.3 Å². The highest BCUT2D eigenvalue weighted by Crippen LogP contribution is 2.44. The minimum absolute atomic E-state index is 0.0297. The van der Waals surface area contributed by atoms with Crippen molar-refractivity contribution in [1.82, 2.24) is 0 Å². The third-order valence-corrected chi connectivity index (χ3v) is 6.06. The molecule has 0 unspecified atom stereocenters. The molecule has 1 amide bonds. The van der Waals surface area contributed by atoms with Crippen molar-refractivity contribution in [2.75, 3.05) is 0 Å². The van der Waals surface area contributed by atoms with Crippen LogP contribution in [0.5, 0.6) is 0 Å². The molecule has 0 spiro atoms. The molecule has 0 bridgehead atoms. The number of hydrogen-bond acceptors (Lipinski definition) is 4. The molecule has 0 fully saturated rings. The molecule has 0 radical (unpaired) electrons. The molecule has 0 saturated heterocycles. The quantitative estimate of drug-likeness (QED) is 0.265. The van der Waals surface area contributed by atoms with Crippen molar-refractivity contribution in [2.45, 2.75) is 6.61 Å². The maximum absolute atomic E-state index is 12.3. The number of aromatic carboxylic acids is 1. The molecule has 6 heteroatoms. The first kappa shape index (κ1) is 16.7.